The van der Waals surface area contributed by atoms with Crippen LogP contribution >= 0.6 is 34.8 Å². The molecule has 0 spiro atoms. The maximum Gasteiger partial charge on any atom is 0.359 e. The molecule has 1 saturated heterocycles. The van der Waals surface area contributed by atoms with Gasteiger partial charge in [-0.2, -0.15) is 0 Å². The van der Waals surface area contributed by atoms with Gasteiger partial charge in [-0.1, -0.05) is 48.7 Å². The van der Waals surface area contributed by atoms with Gasteiger partial charge < -0.3 is 15.4 Å². The van der Waals surface area contributed by atoms with Crippen molar-refractivity contribution in [2.24, 2.45) is 11.8 Å². The van der Waals surface area contributed by atoms with Gasteiger partial charge in [0.05, 0.1) is 10.7 Å². The normalized spacial score (nSPS) is 20.8. The number of nitrogen functional groups attached to an aromatic ring is 1. The number of nitrogens with zero attached hydrogens (tertiary/aromatic N) is 2. The molecule has 0 aliphatic carbocycles. The van der Waals surface area contributed by atoms with Gasteiger partial charge in [0.25, 0.3) is 5.91 Å². The number of ether oxygens (including phenoxy) is 1. The largest absolute Gasteiger partial charge is 0.451 e. The minimum Gasteiger partial charge on any atom is -0.451 e. The van der Waals surface area contributed by atoms with Gasteiger partial charge in [0.1, 0.15) is 5.02 Å². The zero-order valence-electron chi connectivity index (χ0n) is 13.3. The lowest BCUT2D eigenvalue weighted by molar-refractivity contribution is -0.137. The molecule has 2 rings (SSSR count). The number of pyridine rings is 1. The third kappa shape index (κ3) is 4.23. The van der Waals surface area contributed by atoms with Crippen LogP contribution in [-0.4, -0.2) is 41.5 Å². The first-order valence-corrected chi connectivity index (χ1v) is 8.59. The van der Waals surface area contributed by atoms with Gasteiger partial charge in [-0.05, 0) is 18.3 Å². The highest BCUT2D eigenvalue weighted by molar-refractivity contribution is 6.46. The molecule has 9 heteroatoms. The zero-order chi connectivity index (χ0) is 18.0. The van der Waals surface area contributed by atoms with Crippen LogP contribution < -0.4 is 5.73 Å². The maximum absolute atomic E-state index is 12.2. The number of esters is 1. The summed E-state index contributed by atoms with van der Waals surface area (Å²) >= 11 is 17.5. The molecule has 1 aromatic rings. The van der Waals surface area contributed by atoms with Gasteiger partial charge in [0, 0.05) is 13.1 Å². The second kappa shape index (κ2) is 7.76. The Hall–Kier alpha value is -1.24. The summed E-state index contributed by atoms with van der Waals surface area (Å²) in [6.07, 6.45) is 1.08. The summed E-state index contributed by atoms with van der Waals surface area (Å²) in [5.41, 5.74) is 5.33. The molecule has 1 aliphatic heterocycles. The second-order valence-corrected chi connectivity index (χ2v) is 7.23. The first-order valence-electron chi connectivity index (χ1n) is 7.45. The Labute approximate surface area is 155 Å². The molecule has 2 heterocycles. The SMILES string of the molecule is C[C@@H]1C[C@@H](C)CN(C(=O)COC(=O)c2nc(Cl)c(Cl)c(N)c2Cl)C1. The van der Waals surface area contributed by atoms with Crippen molar-refractivity contribution in [2.75, 3.05) is 25.4 Å². The van der Waals surface area contributed by atoms with E-state index in [-0.39, 0.29) is 32.5 Å². The van der Waals surface area contributed by atoms with E-state index in [2.05, 4.69) is 18.8 Å². The second-order valence-electron chi connectivity index (χ2n) is 6.11. The average molecular weight is 395 g/mol. The number of carbonyl (C=O) groups is 2. The van der Waals surface area contributed by atoms with E-state index in [1.165, 1.54) is 0 Å². The lowest BCUT2D eigenvalue weighted by Gasteiger charge is -2.34. The number of likely N-dealkylation sites (tertiary alicyclic amines) is 1. The van der Waals surface area contributed by atoms with Gasteiger partial charge >= 0.3 is 5.97 Å². The Bertz CT molecular complexity index is 659. The van der Waals surface area contributed by atoms with Crippen molar-refractivity contribution >= 4 is 52.4 Å². The molecule has 2 N–H and O–H groups in total. The minimum absolute atomic E-state index is 0.0365. The molecule has 1 aliphatic rings. The Morgan fingerprint density at radius 3 is 2.38 bits per heavy atom. The number of hydrogen-bond acceptors (Lipinski definition) is 5. The number of rotatable bonds is 3. The number of amides is 1. The molecule has 0 saturated carbocycles. The third-order valence-electron chi connectivity index (χ3n) is 3.81. The first kappa shape index (κ1) is 19.1. The van der Waals surface area contributed by atoms with Gasteiger partial charge in [0.15, 0.2) is 17.5 Å². The summed E-state index contributed by atoms with van der Waals surface area (Å²) in [6.45, 7) is 5.09. The van der Waals surface area contributed by atoms with Crippen molar-refractivity contribution in [2.45, 2.75) is 20.3 Å². The quantitative estimate of drug-likeness (QED) is 0.628. The smallest absolute Gasteiger partial charge is 0.359 e. The lowest BCUT2D eigenvalue weighted by Crippen LogP contribution is -2.44. The van der Waals surface area contributed by atoms with E-state index < -0.39 is 12.6 Å². The van der Waals surface area contributed by atoms with E-state index in [1.807, 2.05) is 0 Å². The number of aromatic nitrogens is 1. The summed E-state index contributed by atoms with van der Waals surface area (Å²) in [5, 5.41) is -0.344. The lowest BCUT2D eigenvalue weighted by atomic mass is 9.92. The van der Waals surface area contributed by atoms with Crippen molar-refractivity contribution in [3.63, 3.8) is 0 Å². The average Bonchev–Trinajstić information content (AvgIpc) is 2.52. The van der Waals surface area contributed by atoms with Crippen molar-refractivity contribution in [1.82, 2.24) is 9.88 Å². The van der Waals surface area contributed by atoms with Crippen LogP contribution in [0.1, 0.15) is 30.8 Å². The topological polar surface area (TPSA) is 85.5 Å². The maximum atomic E-state index is 12.2. The number of halogens is 3. The monoisotopic (exact) mass is 393 g/mol. The molecule has 24 heavy (non-hydrogen) atoms. The van der Waals surface area contributed by atoms with Crippen LogP contribution in [0.2, 0.25) is 15.2 Å². The van der Waals surface area contributed by atoms with Crippen LogP contribution in [0.4, 0.5) is 5.69 Å². The summed E-state index contributed by atoms with van der Waals surface area (Å²) in [4.78, 5) is 29.8. The molecule has 0 aromatic carbocycles. The van der Waals surface area contributed by atoms with E-state index in [9.17, 15) is 9.59 Å². The fourth-order valence-corrected chi connectivity index (χ4v) is 3.41. The summed E-state index contributed by atoms with van der Waals surface area (Å²) in [7, 11) is 0. The highest BCUT2D eigenvalue weighted by Crippen LogP contribution is 2.34. The van der Waals surface area contributed by atoms with E-state index in [1.54, 1.807) is 4.90 Å². The first-order chi connectivity index (χ1) is 11.2. The van der Waals surface area contributed by atoms with E-state index >= 15 is 0 Å². The highest BCUT2D eigenvalue weighted by Gasteiger charge is 2.27. The van der Waals surface area contributed by atoms with Gasteiger partial charge in [-0.25, -0.2) is 9.78 Å². The van der Waals surface area contributed by atoms with E-state index in [4.69, 9.17) is 45.3 Å². The van der Waals surface area contributed by atoms with Crippen molar-refractivity contribution in [3.05, 3.63) is 20.9 Å². The number of carbonyl (C=O) groups excluding carboxylic acids is 2. The molecule has 2 atom stereocenters. The molecule has 0 bridgehead atoms. The van der Waals surface area contributed by atoms with Gasteiger partial charge in [-0.3, -0.25) is 4.79 Å². The Morgan fingerprint density at radius 1 is 1.21 bits per heavy atom. The number of hydrogen-bond donors (Lipinski definition) is 1. The van der Waals surface area contributed by atoms with Crippen LogP contribution in [0, 0.1) is 11.8 Å². The number of piperidine rings is 1. The predicted octanol–water partition coefficient (Wildman–Crippen LogP) is 3.29. The van der Waals surface area contributed by atoms with Gasteiger partial charge in [0.2, 0.25) is 0 Å². The Morgan fingerprint density at radius 2 is 1.79 bits per heavy atom. The molecule has 0 unspecified atom stereocenters. The van der Waals surface area contributed by atoms with E-state index in [0.29, 0.717) is 24.9 Å². The van der Waals surface area contributed by atoms with E-state index in [0.717, 1.165) is 6.42 Å². The predicted molar refractivity (Wildman–Crippen MR) is 93.5 cm³/mol. The van der Waals surface area contributed by atoms with Crippen LogP contribution in [0.3, 0.4) is 0 Å². The standard InChI is InChI=1S/C15H18Cl3N3O3/c1-7-3-8(2)5-21(4-7)9(22)6-24-15(23)13-10(16)12(19)11(17)14(18)20-13/h7-8H,3-6H2,1-2H3,(H2,19,20)/t7-,8-/m1/s1. The highest BCUT2D eigenvalue weighted by atomic mass is 35.5. The molecule has 6 nitrogen and oxygen atoms in total. The fraction of sp³-hybridized carbons (Fsp3) is 0.533. The molecular formula is C15H18Cl3N3O3. The van der Waals surface area contributed by atoms with Crippen LogP contribution in [0.5, 0.6) is 0 Å². The van der Waals surface area contributed by atoms with Gasteiger partial charge in [-0.15, -0.1) is 0 Å². The number of nitrogens with two attached hydrogens (primary N) is 1. The van der Waals surface area contributed by atoms with Crippen molar-refractivity contribution in [3.8, 4) is 0 Å². The molecule has 1 fully saturated rings. The van der Waals surface area contributed by atoms with Crippen molar-refractivity contribution in [1.29, 1.82) is 0 Å². The Kier molecular flexibility index (Phi) is 6.17. The fourth-order valence-electron chi connectivity index (χ4n) is 2.82. The number of anilines is 1. The van der Waals surface area contributed by atoms with Crippen LogP contribution in [0.15, 0.2) is 0 Å². The molecule has 0 radical (unpaired) electrons. The zero-order valence-corrected chi connectivity index (χ0v) is 15.6. The minimum atomic E-state index is -0.878. The molecule has 1 amide bonds. The van der Waals surface area contributed by atoms with Crippen molar-refractivity contribution < 1.29 is 14.3 Å². The Balaban J connectivity index is 2.02. The molecule has 132 valence electrons. The van der Waals surface area contributed by atoms with Crippen LogP contribution in [-0.2, 0) is 9.53 Å². The summed E-state index contributed by atoms with van der Waals surface area (Å²) in [6, 6.07) is 0. The summed E-state index contributed by atoms with van der Waals surface area (Å²) in [5.74, 6) is -0.304. The van der Waals surface area contributed by atoms with Crippen LogP contribution in [0.25, 0.3) is 0 Å². The molecule has 1 aromatic heterocycles. The summed E-state index contributed by atoms with van der Waals surface area (Å²) < 4.78 is 5.01. The third-order valence-corrected chi connectivity index (χ3v) is 4.95. The molecular weight excluding hydrogens is 377 g/mol.